The molecule has 0 amide bonds. The molecule has 6 heteroatoms. The second-order valence-electron chi connectivity index (χ2n) is 6.26. The van der Waals surface area contributed by atoms with Crippen LogP contribution in [-0.2, 0) is 0 Å². The van der Waals surface area contributed by atoms with Gasteiger partial charge in [-0.1, -0.05) is 0 Å². The Labute approximate surface area is 135 Å². The Kier molecular flexibility index (Phi) is 4.52. The third-order valence-corrected chi connectivity index (χ3v) is 4.59. The van der Waals surface area contributed by atoms with Gasteiger partial charge in [-0.05, 0) is 45.8 Å². The van der Waals surface area contributed by atoms with Crippen LogP contribution in [-0.4, -0.2) is 48.2 Å². The van der Waals surface area contributed by atoms with Crippen molar-refractivity contribution in [2.24, 2.45) is 0 Å². The number of fused-ring (bicyclic) bond motifs is 1. The first-order valence-electron chi connectivity index (χ1n) is 7.97. The maximum Gasteiger partial charge on any atom is 0.258 e. The van der Waals surface area contributed by atoms with Crippen LogP contribution in [0.2, 0.25) is 0 Å². The largest absolute Gasteiger partial charge is 0.493 e. The lowest BCUT2D eigenvalue weighted by Gasteiger charge is -2.33. The van der Waals surface area contributed by atoms with E-state index in [-0.39, 0.29) is 11.7 Å². The van der Waals surface area contributed by atoms with E-state index < -0.39 is 0 Å². The van der Waals surface area contributed by atoms with E-state index in [0.717, 1.165) is 25.7 Å². The van der Waals surface area contributed by atoms with Crippen molar-refractivity contribution in [2.75, 3.05) is 21.2 Å². The number of H-pyrrole nitrogens is 1. The highest BCUT2D eigenvalue weighted by Gasteiger charge is 2.24. The van der Waals surface area contributed by atoms with Gasteiger partial charge in [0.2, 0.25) is 0 Å². The minimum absolute atomic E-state index is 0.160. The van der Waals surface area contributed by atoms with E-state index in [9.17, 15) is 4.79 Å². The van der Waals surface area contributed by atoms with Gasteiger partial charge in [0, 0.05) is 12.1 Å². The molecule has 1 heterocycles. The first kappa shape index (κ1) is 15.8. The number of aromatic amines is 1. The van der Waals surface area contributed by atoms with Gasteiger partial charge in [-0.3, -0.25) is 4.79 Å². The predicted octanol–water partition coefficient (Wildman–Crippen LogP) is 2.18. The molecule has 1 fully saturated rings. The monoisotopic (exact) mass is 317 g/mol. The molecule has 0 spiro atoms. The summed E-state index contributed by atoms with van der Waals surface area (Å²) in [5.74, 6) is 1.23. The van der Waals surface area contributed by atoms with E-state index in [4.69, 9.17) is 9.47 Å². The van der Waals surface area contributed by atoms with Crippen molar-refractivity contribution in [3.05, 3.63) is 28.8 Å². The van der Waals surface area contributed by atoms with Crippen LogP contribution in [0.4, 0.5) is 0 Å². The summed E-state index contributed by atoms with van der Waals surface area (Å²) in [6.45, 7) is 0. The Morgan fingerprint density at radius 3 is 2.57 bits per heavy atom. The third kappa shape index (κ3) is 3.32. The standard InChI is InChI=1S/C17H23N3O3/c1-20(2)11-4-6-12(7-5-11)23-16-8-13-14(9-15(16)22-3)18-10-19-17(13)21/h8-12H,4-7H2,1-3H3,(H,18,19,21)/t11-,12+. The van der Waals surface area contributed by atoms with Crippen molar-refractivity contribution in [2.45, 2.75) is 37.8 Å². The van der Waals surface area contributed by atoms with Crippen molar-refractivity contribution >= 4 is 10.9 Å². The predicted molar refractivity (Wildman–Crippen MR) is 89.3 cm³/mol. The van der Waals surface area contributed by atoms with E-state index in [1.807, 2.05) is 0 Å². The van der Waals surface area contributed by atoms with Gasteiger partial charge in [0.05, 0.1) is 30.4 Å². The molecule has 124 valence electrons. The lowest BCUT2D eigenvalue weighted by molar-refractivity contribution is 0.108. The highest BCUT2D eigenvalue weighted by atomic mass is 16.5. The Morgan fingerprint density at radius 2 is 1.91 bits per heavy atom. The molecule has 23 heavy (non-hydrogen) atoms. The van der Waals surface area contributed by atoms with Crippen LogP contribution in [0.1, 0.15) is 25.7 Å². The second kappa shape index (κ2) is 6.58. The Morgan fingerprint density at radius 1 is 1.17 bits per heavy atom. The smallest absolute Gasteiger partial charge is 0.258 e. The van der Waals surface area contributed by atoms with Gasteiger partial charge in [-0.15, -0.1) is 0 Å². The van der Waals surface area contributed by atoms with Crippen LogP contribution >= 0.6 is 0 Å². The van der Waals surface area contributed by atoms with Gasteiger partial charge >= 0.3 is 0 Å². The fourth-order valence-corrected chi connectivity index (χ4v) is 3.19. The normalized spacial score (nSPS) is 21.6. The molecule has 1 saturated carbocycles. The molecule has 2 aromatic rings. The second-order valence-corrected chi connectivity index (χ2v) is 6.26. The van der Waals surface area contributed by atoms with Crippen LogP contribution in [0.5, 0.6) is 11.5 Å². The molecule has 0 aliphatic heterocycles. The topological polar surface area (TPSA) is 67.4 Å². The van der Waals surface area contributed by atoms with Gasteiger partial charge in [0.25, 0.3) is 5.56 Å². The SMILES string of the molecule is COc1cc2nc[nH]c(=O)c2cc1O[C@H]1CC[C@@H](N(C)C)CC1. The zero-order chi connectivity index (χ0) is 16.4. The number of ether oxygens (including phenoxy) is 2. The molecular formula is C17H23N3O3. The Bertz CT molecular complexity index is 733. The molecule has 0 bridgehead atoms. The van der Waals surface area contributed by atoms with Crippen LogP contribution in [0.25, 0.3) is 10.9 Å². The fourth-order valence-electron chi connectivity index (χ4n) is 3.19. The van der Waals surface area contributed by atoms with Crippen LogP contribution in [0.15, 0.2) is 23.3 Å². The zero-order valence-corrected chi connectivity index (χ0v) is 13.8. The summed E-state index contributed by atoms with van der Waals surface area (Å²) in [6.07, 6.45) is 5.81. The van der Waals surface area contributed by atoms with Gasteiger partial charge < -0.3 is 19.4 Å². The van der Waals surface area contributed by atoms with Crippen LogP contribution in [0, 0.1) is 0 Å². The van der Waals surface area contributed by atoms with E-state index >= 15 is 0 Å². The van der Waals surface area contributed by atoms with Gasteiger partial charge in [0.1, 0.15) is 0 Å². The first-order valence-corrected chi connectivity index (χ1v) is 7.97. The van der Waals surface area contributed by atoms with Gasteiger partial charge in [0.15, 0.2) is 11.5 Å². The molecule has 0 radical (unpaired) electrons. The number of rotatable bonds is 4. The molecule has 0 saturated heterocycles. The number of hydrogen-bond acceptors (Lipinski definition) is 5. The molecular weight excluding hydrogens is 294 g/mol. The van der Waals surface area contributed by atoms with Crippen LogP contribution < -0.4 is 15.0 Å². The van der Waals surface area contributed by atoms with Crippen molar-refractivity contribution in [1.82, 2.24) is 14.9 Å². The molecule has 1 aromatic heterocycles. The van der Waals surface area contributed by atoms with E-state index in [2.05, 4.69) is 29.0 Å². The minimum Gasteiger partial charge on any atom is -0.493 e. The lowest BCUT2D eigenvalue weighted by Crippen LogP contribution is -2.35. The fraction of sp³-hybridized carbons (Fsp3) is 0.529. The Balaban J connectivity index is 1.82. The van der Waals surface area contributed by atoms with Gasteiger partial charge in [-0.25, -0.2) is 4.98 Å². The maximum absolute atomic E-state index is 11.9. The average Bonchev–Trinajstić information content (AvgIpc) is 2.55. The maximum atomic E-state index is 11.9. The zero-order valence-electron chi connectivity index (χ0n) is 13.8. The third-order valence-electron chi connectivity index (χ3n) is 4.59. The molecule has 1 aliphatic carbocycles. The average molecular weight is 317 g/mol. The molecule has 3 rings (SSSR count). The molecule has 1 aliphatic rings. The molecule has 0 atom stereocenters. The lowest BCUT2D eigenvalue weighted by atomic mass is 9.92. The number of hydrogen-bond donors (Lipinski definition) is 1. The van der Waals surface area contributed by atoms with E-state index in [1.165, 1.54) is 6.33 Å². The highest BCUT2D eigenvalue weighted by molar-refractivity contribution is 5.81. The number of nitrogens with zero attached hydrogens (tertiary/aromatic N) is 2. The first-order chi connectivity index (χ1) is 11.1. The summed E-state index contributed by atoms with van der Waals surface area (Å²) in [4.78, 5) is 21.0. The van der Waals surface area contributed by atoms with Crippen LogP contribution in [0.3, 0.4) is 0 Å². The summed E-state index contributed by atoms with van der Waals surface area (Å²) in [5, 5.41) is 0.519. The van der Waals surface area contributed by atoms with Gasteiger partial charge in [-0.2, -0.15) is 0 Å². The Hall–Kier alpha value is -2.08. The van der Waals surface area contributed by atoms with Crippen molar-refractivity contribution < 1.29 is 9.47 Å². The molecule has 1 N–H and O–H groups in total. The summed E-state index contributed by atoms with van der Waals surface area (Å²) in [7, 11) is 5.85. The molecule has 1 aromatic carbocycles. The van der Waals surface area contributed by atoms with E-state index in [0.29, 0.717) is 28.4 Å². The summed E-state index contributed by atoms with van der Waals surface area (Å²) in [5.41, 5.74) is 0.438. The van der Waals surface area contributed by atoms with Crippen molar-refractivity contribution in [1.29, 1.82) is 0 Å². The number of benzene rings is 1. The molecule has 6 nitrogen and oxygen atoms in total. The number of aromatic nitrogens is 2. The number of nitrogens with one attached hydrogen (secondary N) is 1. The summed E-state index contributed by atoms with van der Waals surface area (Å²) < 4.78 is 11.6. The van der Waals surface area contributed by atoms with E-state index in [1.54, 1.807) is 19.2 Å². The molecule has 0 unspecified atom stereocenters. The highest BCUT2D eigenvalue weighted by Crippen LogP contribution is 2.33. The summed E-state index contributed by atoms with van der Waals surface area (Å²) in [6, 6.07) is 4.11. The quantitative estimate of drug-likeness (QED) is 0.936. The summed E-state index contributed by atoms with van der Waals surface area (Å²) >= 11 is 0. The number of methoxy groups -OCH3 is 1. The minimum atomic E-state index is -0.168. The van der Waals surface area contributed by atoms with Crippen molar-refractivity contribution in [3.63, 3.8) is 0 Å². The van der Waals surface area contributed by atoms with Crippen molar-refractivity contribution in [3.8, 4) is 11.5 Å².